The van der Waals surface area contributed by atoms with Gasteiger partial charge in [0.25, 0.3) is 10.0 Å². The minimum atomic E-state index is -3.96. The second kappa shape index (κ2) is 9.49. The zero-order valence-electron chi connectivity index (χ0n) is 17.7. The van der Waals surface area contributed by atoms with Crippen molar-refractivity contribution >= 4 is 21.6 Å². The first kappa shape index (κ1) is 22.1. The van der Waals surface area contributed by atoms with E-state index < -0.39 is 10.0 Å². The normalized spacial score (nSPS) is 15.6. The van der Waals surface area contributed by atoms with Crippen LogP contribution in [0.3, 0.4) is 0 Å². The van der Waals surface area contributed by atoms with Gasteiger partial charge >= 0.3 is 0 Å². The van der Waals surface area contributed by atoms with Crippen molar-refractivity contribution in [2.24, 2.45) is 0 Å². The van der Waals surface area contributed by atoms with Gasteiger partial charge in [-0.15, -0.1) is 0 Å². The smallest absolute Gasteiger partial charge is 0.264 e. The van der Waals surface area contributed by atoms with Gasteiger partial charge in [0, 0.05) is 6.04 Å². The van der Waals surface area contributed by atoms with Crippen LogP contribution in [-0.4, -0.2) is 59.1 Å². The molecule has 0 aliphatic carbocycles. The van der Waals surface area contributed by atoms with E-state index in [1.54, 1.807) is 48.5 Å². The summed E-state index contributed by atoms with van der Waals surface area (Å²) < 4.78 is 33.4. The SMILES string of the molecule is COc1ccccc1N(CC(=O)NC1CCN(C)CC1)S(=O)(=O)c1ccc(C)cc1. The summed E-state index contributed by atoms with van der Waals surface area (Å²) in [6.07, 6.45) is 1.70. The van der Waals surface area contributed by atoms with Crippen molar-refractivity contribution < 1.29 is 17.9 Å². The van der Waals surface area contributed by atoms with Crippen LogP contribution in [0.1, 0.15) is 18.4 Å². The van der Waals surface area contributed by atoms with Crippen LogP contribution in [-0.2, 0) is 14.8 Å². The van der Waals surface area contributed by atoms with Crippen molar-refractivity contribution in [3.8, 4) is 5.75 Å². The lowest BCUT2D eigenvalue weighted by Crippen LogP contribution is -2.47. The van der Waals surface area contributed by atoms with Gasteiger partial charge in [-0.1, -0.05) is 29.8 Å². The van der Waals surface area contributed by atoms with E-state index in [1.165, 1.54) is 7.11 Å². The first-order valence-electron chi connectivity index (χ1n) is 10.0. The van der Waals surface area contributed by atoms with Crippen molar-refractivity contribution in [2.75, 3.05) is 38.1 Å². The van der Waals surface area contributed by atoms with E-state index in [2.05, 4.69) is 17.3 Å². The van der Waals surface area contributed by atoms with Gasteiger partial charge < -0.3 is 15.0 Å². The molecule has 1 fully saturated rings. The van der Waals surface area contributed by atoms with Crippen LogP contribution in [0.4, 0.5) is 5.69 Å². The van der Waals surface area contributed by atoms with Crippen molar-refractivity contribution in [1.82, 2.24) is 10.2 Å². The Balaban J connectivity index is 1.90. The van der Waals surface area contributed by atoms with Crippen LogP contribution in [0.25, 0.3) is 0 Å². The number of sulfonamides is 1. The number of carbonyl (C=O) groups is 1. The second-order valence-corrected chi connectivity index (χ2v) is 9.50. The van der Waals surface area contributed by atoms with Crippen molar-refractivity contribution in [1.29, 1.82) is 0 Å². The molecule has 1 heterocycles. The number of nitrogens with zero attached hydrogens (tertiary/aromatic N) is 2. The van der Waals surface area contributed by atoms with E-state index in [-0.39, 0.29) is 23.4 Å². The number of benzene rings is 2. The van der Waals surface area contributed by atoms with Crippen molar-refractivity contribution in [2.45, 2.75) is 30.7 Å². The van der Waals surface area contributed by atoms with E-state index in [4.69, 9.17) is 4.74 Å². The Hall–Kier alpha value is -2.58. The number of rotatable bonds is 7. The molecule has 1 aliphatic rings. The fraction of sp³-hybridized carbons (Fsp3) is 0.409. The van der Waals surface area contributed by atoms with E-state index >= 15 is 0 Å². The summed E-state index contributed by atoms with van der Waals surface area (Å²) >= 11 is 0. The molecule has 162 valence electrons. The standard InChI is InChI=1S/C22H29N3O4S/c1-17-8-10-19(11-9-17)30(27,28)25(20-6-4-5-7-21(20)29-3)16-22(26)23-18-12-14-24(2)15-13-18/h4-11,18H,12-16H2,1-3H3,(H,23,26). The molecule has 1 aliphatic heterocycles. The number of likely N-dealkylation sites (tertiary alicyclic amines) is 1. The molecule has 2 aromatic rings. The molecule has 0 atom stereocenters. The highest BCUT2D eigenvalue weighted by atomic mass is 32.2. The lowest BCUT2D eigenvalue weighted by atomic mass is 10.1. The maximum Gasteiger partial charge on any atom is 0.264 e. The quantitative estimate of drug-likeness (QED) is 0.728. The van der Waals surface area contributed by atoms with Gasteiger partial charge in [0.2, 0.25) is 5.91 Å². The van der Waals surface area contributed by atoms with Crippen LogP contribution in [0.15, 0.2) is 53.4 Å². The minimum absolute atomic E-state index is 0.0512. The highest BCUT2D eigenvalue weighted by Crippen LogP contribution is 2.32. The third kappa shape index (κ3) is 5.12. The molecule has 1 amide bonds. The molecular weight excluding hydrogens is 402 g/mol. The van der Waals surface area contributed by atoms with Gasteiger partial charge in [0.15, 0.2) is 0 Å². The average Bonchev–Trinajstić information content (AvgIpc) is 2.74. The molecule has 1 saturated heterocycles. The predicted molar refractivity (Wildman–Crippen MR) is 117 cm³/mol. The second-order valence-electron chi connectivity index (χ2n) is 7.64. The van der Waals surface area contributed by atoms with Gasteiger partial charge in [-0.05, 0) is 64.2 Å². The number of hydrogen-bond donors (Lipinski definition) is 1. The molecule has 8 heteroatoms. The van der Waals surface area contributed by atoms with Crippen LogP contribution in [0, 0.1) is 6.92 Å². The fourth-order valence-corrected chi connectivity index (χ4v) is 4.96. The number of methoxy groups -OCH3 is 1. The Morgan fingerprint density at radius 3 is 2.40 bits per heavy atom. The number of aryl methyl sites for hydroxylation is 1. The van der Waals surface area contributed by atoms with E-state index in [0.29, 0.717) is 11.4 Å². The lowest BCUT2D eigenvalue weighted by Gasteiger charge is -2.31. The topological polar surface area (TPSA) is 79.0 Å². The maximum absolute atomic E-state index is 13.5. The maximum atomic E-state index is 13.5. The number of amides is 1. The molecule has 3 rings (SSSR count). The Kier molecular flexibility index (Phi) is 6.99. The van der Waals surface area contributed by atoms with Crippen LogP contribution in [0.5, 0.6) is 5.75 Å². The van der Waals surface area contributed by atoms with Gasteiger partial charge in [-0.3, -0.25) is 9.10 Å². The molecule has 0 aromatic heterocycles. The number of nitrogens with one attached hydrogen (secondary N) is 1. The van der Waals surface area contributed by atoms with E-state index in [0.717, 1.165) is 35.8 Å². The summed E-state index contributed by atoms with van der Waals surface area (Å²) in [6, 6.07) is 13.5. The average molecular weight is 432 g/mol. The molecule has 0 spiro atoms. The number of anilines is 1. The summed E-state index contributed by atoms with van der Waals surface area (Å²) in [5, 5.41) is 3.00. The first-order valence-corrected chi connectivity index (χ1v) is 11.5. The Bertz CT molecular complexity index is 968. The molecule has 0 radical (unpaired) electrons. The number of ether oxygens (including phenoxy) is 1. The minimum Gasteiger partial charge on any atom is -0.495 e. The number of para-hydroxylation sites is 2. The molecule has 0 bridgehead atoms. The Morgan fingerprint density at radius 1 is 1.13 bits per heavy atom. The van der Waals surface area contributed by atoms with E-state index in [9.17, 15) is 13.2 Å². The molecule has 2 aromatic carbocycles. The van der Waals surface area contributed by atoms with Gasteiger partial charge in [-0.2, -0.15) is 0 Å². The molecule has 30 heavy (non-hydrogen) atoms. The largest absolute Gasteiger partial charge is 0.495 e. The highest BCUT2D eigenvalue weighted by Gasteiger charge is 2.30. The third-order valence-electron chi connectivity index (χ3n) is 5.33. The zero-order chi connectivity index (χ0) is 21.7. The summed E-state index contributed by atoms with van der Waals surface area (Å²) in [4.78, 5) is 15.2. The first-order chi connectivity index (χ1) is 14.3. The summed E-state index contributed by atoms with van der Waals surface area (Å²) in [5.74, 6) is 0.0615. The molecule has 1 N–H and O–H groups in total. The molecular formula is C22H29N3O4S. The van der Waals surface area contributed by atoms with Gasteiger partial charge in [0.05, 0.1) is 17.7 Å². The van der Waals surface area contributed by atoms with Crippen LogP contribution in [0.2, 0.25) is 0 Å². The summed E-state index contributed by atoms with van der Waals surface area (Å²) in [6.45, 7) is 3.39. The van der Waals surface area contributed by atoms with Crippen LogP contribution >= 0.6 is 0 Å². The lowest BCUT2D eigenvalue weighted by molar-refractivity contribution is -0.120. The zero-order valence-corrected chi connectivity index (χ0v) is 18.5. The number of piperidine rings is 1. The fourth-order valence-electron chi connectivity index (χ4n) is 3.53. The third-order valence-corrected chi connectivity index (χ3v) is 7.11. The Morgan fingerprint density at radius 2 is 1.77 bits per heavy atom. The number of carbonyl (C=O) groups excluding carboxylic acids is 1. The van der Waals surface area contributed by atoms with Crippen molar-refractivity contribution in [3.63, 3.8) is 0 Å². The monoisotopic (exact) mass is 431 g/mol. The van der Waals surface area contributed by atoms with Gasteiger partial charge in [-0.25, -0.2) is 8.42 Å². The van der Waals surface area contributed by atoms with Gasteiger partial charge in [0.1, 0.15) is 12.3 Å². The Labute approximate surface area is 178 Å². The van der Waals surface area contributed by atoms with Crippen molar-refractivity contribution in [3.05, 3.63) is 54.1 Å². The van der Waals surface area contributed by atoms with Crippen LogP contribution < -0.4 is 14.4 Å². The molecule has 0 saturated carbocycles. The highest BCUT2D eigenvalue weighted by molar-refractivity contribution is 7.92. The predicted octanol–water partition coefficient (Wildman–Crippen LogP) is 2.41. The number of hydrogen-bond acceptors (Lipinski definition) is 5. The molecule has 0 unspecified atom stereocenters. The molecule has 7 nitrogen and oxygen atoms in total. The van der Waals surface area contributed by atoms with E-state index in [1.807, 2.05) is 6.92 Å². The summed E-state index contributed by atoms with van der Waals surface area (Å²) in [7, 11) is -0.432. The summed E-state index contributed by atoms with van der Waals surface area (Å²) in [5.41, 5.74) is 1.29.